The topological polar surface area (TPSA) is 124 Å². The smallest absolute Gasteiger partial charge is 0.263 e. The lowest BCUT2D eigenvalue weighted by Crippen LogP contribution is -2.16. The molecule has 3 aromatic rings. The molecule has 0 atom stereocenters. The van der Waals surface area contributed by atoms with Gasteiger partial charge >= 0.3 is 0 Å². The van der Waals surface area contributed by atoms with E-state index in [1.165, 1.54) is 80.9 Å². The van der Waals surface area contributed by atoms with Crippen LogP contribution in [0.15, 0.2) is 76.5 Å². The maximum absolute atomic E-state index is 12.5. The summed E-state index contributed by atoms with van der Waals surface area (Å²) in [5, 5.41) is 0. The highest BCUT2D eigenvalue weighted by molar-refractivity contribution is 7.93. The Morgan fingerprint density at radius 2 is 1.00 bits per heavy atom. The lowest BCUT2D eigenvalue weighted by atomic mass is 10.3. The van der Waals surface area contributed by atoms with E-state index in [0.717, 1.165) is 0 Å². The zero-order chi connectivity index (χ0) is 21.8. The second-order valence-electron chi connectivity index (χ2n) is 5.97. The fraction of sp³-hybridized carbons (Fsp3) is 0.105. The van der Waals surface area contributed by atoms with E-state index in [0.29, 0.717) is 11.5 Å². The molecule has 0 radical (unpaired) electrons. The molecule has 3 rings (SSSR count). The summed E-state index contributed by atoms with van der Waals surface area (Å²) in [6.07, 6.45) is 0. The van der Waals surface area contributed by atoms with Crippen LogP contribution in [0.25, 0.3) is 0 Å². The van der Waals surface area contributed by atoms with Crippen LogP contribution in [-0.4, -0.2) is 36.0 Å². The van der Waals surface area contributed by atoms with Crippen molar-refractivity contribution in [2.24, 2.45) is 0 Å². The molecule has 9 nitrogen and oxygen atoms in total. The highest BCUT2D eigenvalue weighted by atomic mass is 32.2. The standard InChI is InChI=1S/C19H19N3O6S2/c1-27-14-6-10-16(11-7-14)29(23,24)21-18-4-3-5-19(20-18)22-30(25,26)17-12-8-15(28-2)9-13-17/h3-13H,1-2H3,(H2,20,21,22). The lowest BCUT2D eigenvalue weighted by Gasteiger charge is -2.11. The first-order chi connectivity index (χ1) is 14.2. The number of nitrogens with one attached hydrogen (secondary N) is 2. The molecule has 0 saturated carbocycles. The predicted molar refractivity (Wildman–Crippen MR) is 112 cm³/mol. The van der Waals surface area contributed by atoms with Crippen LogP contribution in [0.3, 0.4) is 0 Å². The number of anilines is 2. The minimum Gasteiger partial charge on any atom is -0.497 e. The van der Waals surface area contributed by atoms with Crippen molar-refractivity contribution in [3.05, 3.63) is 66.7 Å². The van der Waals surface area contributed by atoms with E-state index in [4.69, 9.17) is 9.47 Å². The number of aromatic nitrogens is 1. The molecule has 0 amide bonds. The van der Waals surface area contributed by atoms with Crippen LogP contribution in [0.1, 0.15) is 0 Å². The van der Waals surface area contributed by atoms with E-state index in [-0.39, 0.29) is 21.4 Å². The summed E-state index contributed by atoms with van der Waals surface area (Å²) >= 11 is 0. The maximum Gasteiger partial charge on any atom is 0.263 e. The molecule has 1 heterocycles. The summed E-state index contributed by atoms with van der Waals surface area (Å²) in [6, 6.07) is 15.9. The molecule has 0 fully saturated rings. The normalized spacial score (nSPS) is 11.5. The largest absolute Gasteiger partial charge is 0.497 e. The van der Waals surface area contributed by atoms with Gasteiger partial charge in [-0.25, -0.2) is 21.8 Å². The number of rotatable bonds is 8. The fourth-order valence-electron chi connectivity index (χ4n) is 2.45. The molecular formula is C19H19N3O6S2. The molecule has 0 aliphatic rings. The van der Waals surface area contributed by atoms with Gasteiger partial charge < -0.3 is 9.47 Å². The van der Waals surface area contributed by atoms with E-state index >= 15 is 0 Å². The van der Waals surface area contributed by atoms with E-state index in [1.807, 2.05) is 0 Å². The monoisotopic (exact) mass is 449 g/mol. The van der Waals surface area contributed by atoms with Gasteiger partial charge in [-0.05, 0) is 60.7 Å². The van der Waals surface area contributed by atoms with Gasteiger partial charge in [-0.1, -0.05) is 6.07 Å². The molecule has 0 aliphatic carbocycles. The van der Waals surface area contributed by atoms with Crippen LogP contribution in [0.2, 0.25) is 0 Å². The number of hydrogen-bond acceptors (Lipinski definition) is 7. The Kier molecular flexibility index (Phi) is 6.13. The lowest BCUT2D eigenvalue weighted by molar-refractivity contribution is 0.414. The highest BCUT2D eigenvalue weighted by Gasteiger charge is 2.18. The molecule has 0 unspecified atom stereocenters. The predicted octanol–water partition coefficient (Wildman–Crippen LogP) is 2.70. The Morgan fingerprint density at radius 3 is 1.33 bits per heavy atom. The summed E-state index contributed by atoms with van der Waals surface area (Å²) in [5.41, 5.74) is 0. The average Bonchev–Trinajstić information content (AvgIpc) is 2.73. The van der Waals surface area contributed by atoms with Crippen molar-refractivity contribution in [2.75, 3.05) is 23.7 Å². The molecule has 1 aromatic heterocycles. The van der Waals surface area contributed by atoms with Crippen LogP contribution in [-0.2, 0) is 20.0 Å². The van der Waals surface area contributed by atoms with Crippen molar-refractivity contribution in [2.45, 2.75) is 9.79 Å². The minimum atomic E-state index is -3.92. The SMILES string of the molecule is COc1ccc(S(=O)(=O)Nc2cccc(NS(=O)(=O)c3ccc(OC)cc3)n2)cc1. The highest BCUT2D eigenvalue weighted by Crippen LogP contribution is 2.21. The molecule has 0 spiro atoms. The molecule has 158 valence electrons. The summed E-state index contributed by atoms with van der Waals surface area (Å²) in [6.45, 7) is 0. The van der Waals surface area contributed by atoms with E-state index < -0.39 is 20.0 Å². The van der Waals surface area contributed by atoms with Gasteiger partial charge in [-0.3, -0.25) is 9.44 Å². The molecule has 2 aromatic carbocycles. The second-order valence-corrected chi connectivity index (χ2v) is 9.33. The summed E-state index contributed by atoms with van der Waals surface area (Å²) in [4.78, 5) is 4.05. The number of sulfonamides is 2. The Labute approximate surface area is 174 Å². The van der Waals surface area contributed by atoms with Crippen molar-refractivity contribution < 1.29 is 26.3 Å². The third-order valence-electron chi connectivity index (χ3n) is 3.97. The quantitative estimate of drug-likeness (QED) is 0.542. The van der Waals surface area contributed by atoms with Gasteiger partial charge in [0.15, 0.2) is 0 Å². The van der Waals surface area contributed by atoms with Crippen LogP contribution in [0.4, 0.5) is 11.6 Å². The van der Waals surface area contributed by atoms with Crippen LogP contribution >= 0.6 is 0 Å². The van der Waals surface area contributed by atoms with Crippen molar-refractivity contribution in [3.63, 3.8) is 0 Å². The van der Waals surface area contributed by atoms with Gasteiger partial charge in [0.25, 0.3) is 20.0 Å². The van der Waals surface area contributed by atoms with E-state index in [1.54, 1.807) is 0 Å². The summed E-state index contributed by atoms with van der Waals surface area (Å²) in [7, 11) is -4.88. The van der Waals surface area contributed by atoms with Crippen LogP contribution < -0.4 is 18.9 Å². The first-order valence-electron chi connectivity index (χ1n) is 8.54. The molecule has 2 N–H and O–H groups in total. The number of nitrogens with zero attached hydrogens (tertiary/aromatic N) is 1. The fourth-order valence-corrected chi connectivity index (χ4v) is 4.45. The zero-order valence-electron chi connectivity index (χ0n) is 16.1. The van der Waals surface area contributed by atoms with Gasteiger partial charge in [-0.15, -0.1) is 0 Å². The number of benzene rings is 2. The Bertz CT molecular complexity index is 1130. The average molecular weight is 450 g/mol. The number of ether oxygens (including phenoxy) is 2. The Morgan fingerprint density at radius 1 is 0.633 bits per heavy atom. The molecule has 0 saturated heterocycles. The zero-order valence-corrected chi connectivity index (χ0v) is 17.7. The van der Waals surface area contributed by atoms with Gasteiger partial charge in [-0.2, -0.15) is 0 Å². The van der Waals surface area contributed by atoms with E-state index in [9.17, 15) is 16.8 Å². The van der Waals surface area contributed by atoms with Crippen LogP contribution in [0.5, 0.6) is 11.5 Å². The van der Waals surface area contributed by atoms with Crippen molar-refractivity contribution in [1.82, 2.24) is 4.98 Å². The maximum atomic E-state index is 12.5. The third kappa shape index (κ3) is 4.99. The number of hydrogen-bond donors (Lipinski definition) is 2. The number of pyridine rings is 1. The van der Waals surface area contributed by atoms with Crippen LogP contribution in [0, 0.1) is 0 Å². The first kappa shape index (κ1) is 21.4. The van der Waals surface area contributed by atoms with Crippen molar-refractivity contribution in [3.8, 4) is 11.5 Å². The summed E-state index contributed by atoms with van der Waals surface area (Å²) < 4.78 is 64.8. The summed E-state index contributed by atoms with van der Waals surface area (Å²) in [5.74, 6) is 0.950. The van der Waals surface area contributed by atoms with E-state index in [2.05, 4.69) is 14.4 Å². The van der Waals surface area contributed by atoms with Gasteiger partial charge in [0.1, 0.15) is 23.1 Å². The molecule has 30 heavy (non-hydrogen) atoms. The molecule has 11 heteroatoms. The van der Waals surface area contributed by atoms with Gasteiger partial charge in [0, 0.05) is 0 Å². The van der Waals surface area contributed by atoms with Crippen molar-refractivity contribution >= 4 is 31.7 Å². The second kappa shape index (κ2) is 8.59. The molecule has 0 aliphatic heterocycles. The van der Waals surface area contributed by atoms with Crippen molar-refractivity contribution in [1.29, 1.82) is 0 Å². The molecule has 0 bridgehead atoms. The number of methoxy groups -OCH3 is 2. The Hall–Kier alpha value is -3.31. The van der Waals surface area contributed by atoms with Gasteiger partial charge in [0.05, 0.1) is 24.0 Å². The third-order valence-corrected chi connectivity index (χ3v) is 6.71. The minimum absolute atomic E-state index is 0.00863. The Balaban J connectivity index is 1.79. The van der Waals surface area contributed by atoms with Gasteiger partial charge in [0.2, 0.25) is 0 Å². The molecular weight excluding hydrogens is 430 g/mol. The first-order valence-corrected chi connectivity index (χ1v) is 11.5.